The molecule has 262 valence electrons. The van der Waals surface area contributed by atoms with Crippen LogP contribution in [0.2, 0.25) is 0 Å². The second-order valence-corrected chi connectivity index (χ2v) is 15.0. The van der Waals surface area contributed by atoms with E-state index in [1.165, 1.54) is 98.2 Å². The zero-order valence-electron chi connectivity index (χ0n) is 30.6. The summed E-state index contributed by atoms with van der Waals surface area (Å²) >= 11 is 0. The Kier molecular flexibility index (Phi) is 8.45. The van der Waals surface area contributed by atoms with Crippen molar-refractivity contribution in [3.8, 4) is 22.3 Å². The van der Waals surface area contributed by atoms with Crippen LogP contribution in [0.15, 0.2) is 182 Å². The Balaban J connectivity index is 1.23. The van der Waals surface area contributed by atoms with Gasteiger partial charge >= 0.3 is 0 Å². The molecule has 0 spiro atoms. The molecule has 1 saturated carbocycles. The van der Waals surface area contributed by atoms with Gasteiger partial charge in [-0.2, -0.15) is 0 Å². The highest BCUT2D eigenvalue weighted by atomic mass is 15.1. The minimum atomic E-state index is 0.237. The Bertz CT molecular complexity index is 2680. The largest absolute Gasteiger partial charge is 0.333 e. The molecule has 0 radical (unpaired) electrons. The third-order valence-electron chi connectivity index (χ3n) is 11.9. The molecule has 7 aromatic carbocycles. The summed E-state index contributed by atoms with van der Waals surface area (Å²) in [7, 11) is 0. The zero-order chi connectivity index (χ0) is 35.8. The Morgan fingerprint density at radius 3 is 1.91 bits per heavy atom. The Morgan fingerprint density at radius 1 is 0.500 bits per heavy atom. The summed E-state index contributed by atoms with van der Waals surface area (Å²) in [6.45, 7) is 0. The van der Waals surface area contributed by atoms with Gasteiger partial charge < -0.3 is 9.47 Å². The molecule has 2 aliphatic carbocycles. The molecule has 1 fully saturated rings. The monoisotopic (exact) mass is 696 g/mol. The molecule has 1 heterocycles. The first-order valence-electron chi connectivity index (χ1n) is 19.8. The maximum Gasteiger partial charge on any atom is 0.0577 e. The van der Waals surface area contributed by atoms with E-state index in [9.17, 15) is 0 Å². The number of fused-ring (bicyclic) bond motifs is 4. The smallest absolute Gasteiger partial charge is 0.0577 e. The fraction of sp³-hybridized carbons (Fsp3) is 0.154. The van der Waals surface area contributed by atoms with Gasteiger partial charge in [0.15, 0.2) is 0 Å². The van der Waals surface area contributed by atoms with Crippen molar-refractivity contribution in [2.45, 2.75) is 50.5 Å². The molecule has 0 aliphatic heterocycles. The lowest BCUT2D eigenvalue weighted by Crippen LogP contribution is -2.13. The molecule has 2 nitrogen and oxygen atoms in total. The normalized spacial score (nSPS) is 16.0. The van der Waals surface area contributed by atoms with E-state index >= 15 is 0 Å². The van der Waals surface area contributed by atoms with Crippen LogP contribution in [-0.4, -0.2) is 4.57 Å². The third kappa shape index (κ3) is 5.56. The maximum absolute atomic E-state index is 2.58. The van der Waals surface area contributed by atoms with Crippen LogP contribution in [-0.2, 0) is 0 Å². The SMILES string of the molecule is C1=CCC(n2c3ccccc3c3cccc(-c4ccccc4N(c4ccccc4)c4ccccc4-c4cccc5cccc(C6CCCCC6)c45)c32)C=C1. The third-order valence-corrected chi connectivity index (χ3v) is 11.9. The highest BCUT2D eigenvalue weighted by Gasteiger charge is 2.26. The number of allylic oxidation sites excluding steroid dienone is 4. The quantitative estimate of drug-likeness (QED) is 0.161. The number of benzene rings is 7. The minimum Gasteiger partial charge on any atom is -0.333 e. The van der Waals surface area contributed by atoms with Gasteiger partial charge in [0, 0.05) is 38.7 Å². The van der Waals surface area contributed by atoms with E-state index in [-0.39, 0.29) is 6.04 Å². The number of nitrogens with zero attached hydrogens (tertiary/aromatic N) is 2. The molecule has 54 heavy (non-hydrogen) atoms. The van der Waals surface area contributed by atoms with Crippen LogP contribution >= 0.6 is 0 Å². The molecular formula is C52H44N2. The van der Waals surface area contributed by atoms with Crippen molar-refractivity contribution in [2.75, 3.05) is 4.90 Å². The van der Waals surface area contributed by atoms with E-state index < -0.39 is 0 Å². The molecule has 1 aromatic heterocycles. The summed E-state index contributed by atoms with van der Waals surface area (Å²) in [6.07, 6.45) is 16.5. The van der Waals surface area contributed by atoms with E-state index in [1.807, 2.05) is 0 Å². The topological polar surface area (TPSA) is 8.17 Å². The van der Waals surface area contributed by atoms with Crippen LogP contribution in [0.3, 0.4) is 0 Å². The van der Waals surface area contributed by atoms with Crippen molar-refractivity contribution in [3.63, 3.8) is 0 Å². The van der Waals surface area contributed by atoms with Crippen LogP contribution in [0.4, 0.5) is 17.1 Å². The van der Waals surface area contributed by atoms with Crippen molar-refractivity contribution in [2.24, 2.45) is 0 Å². The summed E-state index contributed by atoms with van der Waals surface area (Å²) in [4.78, 5) is 2.50. The van der Waals surface area contributed by atoms with Crippen molar-refractivity contribution >= 4 is 49.6 Å². The number of aromatic nitrogens is 1. The van der Waals surface area contributed by atoms with Crippen molar-refractivity contribution in [1.82, 2.24) is 4.57 Å². The van der Waals surface area contributed by atoms with E-state index in [0.29, 0.717) is 5.92 Å². The van der Waals surface area contributed by atoms with Gasteiger partial charge in [-0.1, -0.05) is 171 Å². The first-order valence-corrected chi connectivity index (χ1v) is 19.8. The standard InChI is InChI=1S/C52H44N2/c1-4-19-37(20-5-1)41-30-16-21-38-22-17-31-45(51(38)41)42-27-10-13-34-48(42)53(39-23-6-2-7-24-39)49-35-14-11-28-43(49)46-32-18-33-47-44-29-12-15-36-50(44)54(52(46)47)40-25-8-3-9-26-40/h2-3,6-18,21-25,27-37,40H,1,4-5,19-20,26H2. The number of hydrogen-bond donors (Lipinski definition) is 0. The van der Waals surface area contributed by atoms with E-state index in [1.54, 1.807) is 0 Å². The summed E-state index contributed by atoms with van der Waals surface area (Å²) in [6, 6.07) is 58.9. The predicted molar refractivity (Wildman–Crippen MR) is 230 cm³/mol. The Morgan fingerprint density at radius 2 is 1.13 bits per heavy atom. The van der Waals surface area contributed by atoms with E-state index in [2.05, 4.69) is 191 Å². The summed E-state index contributed by atoms with van der Waals surface area (Å²) in [5.41, 5.74) is 12.5. The second-order valence-electron chi connectivity index (χ2n) is 15.0. The Labute approximate surface area is 318 Å². The molecule has 2 aliphatic rings. The molecule has 0 saturated heterocycles. The van der Waals surface area contributed by atoms with E-state index in [0.717, 1.165) is 17.8 Å². The van der Waals surface area contributed by atoms with Crippen LogP contribution in [0.1, 0.15) is 56.0 Å². The highest BCUT2D eigenvalue weighted by Crippen LogP contribution is 2.49. The lowest BCUT2D eigenvalue weighted by molar-refractivity contribution is 0.445. The molecule has 10 rings (SSSR count). The lowest BCUT2D eigenvalue weighted by Gasteiger charge is -2.31. The van der Waals surface area contributed by atoms with Gasteiger partial charge in [-0.25, -0.2) is 0 Å². The van der Waals surface area contributed by atoms with Gasteiger partial charge in [-0.05, 0) is 77.4 Å². The minimum absolute atomic E-state index is 0.237. The number of anilines is 3. The molecule has 0 bridgehead atoms. The average Bonchev–Trinajstić information content (AvgIpc) is 3.59. The lowest BCUT2D eigenvalue weighted by atomic mass is 9.80. The van der Waals surface area contributed by atoms with Crippen LogP contribution < -0.4 is 4.90 Å². The van der Waals surface area contributed by atoms with Crippen LogP contribution in [0, 0.1) is 0 Å². The summed E-state index contributed by atoms with van der Waals surface area (Å²) in [5.74, 6) is 0.600. The van der Waals surface area contributed by atoms with Gasteiger partial charge in [0.2, 0.25) is 0 Å². The summed E-state index contributed by atoms with van der Waals surface area (Å²) in [5, 5.41) is 5.32. The molecule has 8 aromatic rings. The zero-order valence-corrected chi connectivity index (χ0v) is 30.6. The van der Waals surface area contributed by atoms with Gasteiger partial charge in [0.05, 0.1) is 22.9 Å². The van der Waals surface area contributed by atoms with Crippen molar-refractivity contribution in [1.29, 1.82) is 0 Å². The number of rotatable bonds is 7. The average molecular weight is 697 g/mol. The van der Waals surface area contributed by atoms with E-state index in [4.69, 9.17) is 0 Å². The molecular weight excluding hydrogens is 653 g/mol. The second kappa shape index (κ2) is 14.0. The predicted octanol–water partition coefficient (Wildman–Crippen LogP) is 14.9. The summed E-state index contributed by atoms with van der Waals surface area (Å²) < 4.78 is 2.58. The highest BCUT2D eigenvalue weighted by molar-refractivity contribution is 6.14. The van der Waals surface area contributed by atoms with Gasteiger partial charge in [0.1, 0.15) is 0 Å². The molecule has 1 atom stereocenters. The number of para-hydroxylation sites is 5. The molecule has 0 amide bonds. The molecule has 2 heteroatoms. The first-order chi connectivity index (χ1) is 26.8. The first kappa shape index (κ1) is 32.5. The fourth-order valence-electron chi connectivity index (χ4n) is 9.50. The van der Waals surface area contributed by atoms with Crippen molar-refractivity contribution in [3.05, 3.63) is 188 Å². The molecule has 0 N–H and O–H groups in total. The van der Waals surface area contributed by atoms with Gasteiger partial charge in [-0.3, -0.25) is 0 Å². The Hall–Kier alpha value is -6.12. The number of hydrogen-bond acceptors (Lipinski definition) is 1. The van der Waals surface area contributed by atoms with Gasteiger partial charge in [-0.15, -0.1) is 0 Å². The van der Waals surface area contributed by atoms with Crippen LogP contribution in [0.5, 0.6) is 0 Å². The van der Waals surface area contributed by atoms with Gasteiger partial charge in [0.25, 0.3) is 0 Å². The van der Waals surface area contributed by atoms with Crippen LogP contribution in [0.25, 0.3) is 54.8 Å². The fourth-order valence-corrected chi connectivity index (χ4v) is 9.50. The molecule has 1 unspecified atom stereocenters. The van der Waals surface area contributed by atoms with Crippen molar-refractivity contribution < 1.29 is 0 Å². The maximum atomic E-state index is 2.58.